The van der Waals surface area contributed by atoms with Gasteiger partial charge in [-0.2, -0.15) is 4.98 Å². The van der Waals surface area contributed by atoms with E-state index in [4.69, 9.17) is 22.1 Å². The molecule has 0 fully saturated rings. The van der Waals surface area contributed by atoms with Crippen LogP contribution in [-0.4, -0.2) is 16.6 Å². The third kappa shape index (κ3) is 5.75. The fraction of sp³-hybridized carbons (Fsp3) is 0.0833. The minimum Gasteiger partial charge on any atom is -0.493 e. The average molecular weight is 496 g/mol. The van der Waals surface area contributed by atoms with Gasteiger partial charge in [-0.1, -0.05) is 57.9 Å². The van der Waals surface area contributed by atoms with E-state index in [1.165, 1.54) is 5.56 Å². The van der Waals surface area contributed by atoms with Crippen LogP contribution >= 0.6 is 27.5 Å². The Morgan fingerprint density at radius 2 is 1.71 bits per heavy atom. The van der Waals surface area contributed by atoms with Gasteiger partial charge >= 0.3 is 0 Å². The molecular formula is C24H20BrClN4O. The van der Waals surface area contributed by atoms with E-state index in [-0.39, 0.29) is 5.95 Å². The van der Waals surface area contributed by atoms with Gasteiger partial charge in [-0.3, -0.25) is 0 Å². The van der Waals surface area contributed by atoms with Gasteiger partial charge < -0.3 is 15.8 Å². The fourth-order valence-electron chi connectivity index (χ4n) is 3.10. The molecule has 0 amide bonds. The Bertz CT molecular complexity index is 1170. The molecule has 0 saturated heterocycles. The molecule has 0 unspecified atom stereocenters. The van der Waals surface area contributed by atoms with Crippen LogP contribution in [0.15, 0.2) is 83.3 Å². The number of hydrogen-bond donors (Lipinski definition) is 2. The normalized spacial score (nSPS) is 10.6. The first-order valence-electron chi connectivity index (χ1n) is 9.70. The molecule has 5 nitrogen and oxygen atoms in total. The van der Waals surface area contributed by atoms with Crippen molar-refractivity contribution in [2.24, 2.45) is 0 Å². The van der Waals surface area contributed by atoms with Gasteiger partial charge in [0.15, 0.2) is 0 Å². The first-order chi connectivity index (χ1) is 15.1. The smallest absolute Gasteiger partial charge is 0.222 e. The number of nitrogens with one attached hydrogen (secondary N) is 1. The summed E-state index contributed by atoms with van der Waals surface area (Å²) < 4.78 is 7.02. The Labute approximate surface area is 194 Å². The summed E-state index contributed by atoms with van der Waals surface area (Å²) in [7, 11) is 0. The Morgan fingerprint density at radius 1 is 0.935 bits per heavy atom. The highest BCUT2D eigenvalue weighted by Gasteiger charge is 2.12. The lowest BCUT2D eigenvalue weighted by atomic mass is 10.1. The quantitative estimate of drug-likeness (QED) is 0.306. The molecule has 0 atom stereocenters. The second-order valence-electron chi connectivity index (χ2n) is 6.85. The number of rotatable bonds is 7. The van der Waals surface area contributed by atoms with Crippen molar-refractivity contribution in [3.8, 4) is 17.0 Å². The SMILES string of the molecule is Nc1nc(Nc2ccc(Cl)cc2)cc(-c2cc(Br)ccc2OCCc2ccccc2)n1. The van der Waals surface area contributed by atoms with Gasteiger partial charge in [0.05, 0.1) is 12.3 Å². The van der Waals surface area contributed by atoms with E-state index in [1.807, 2.05) is 66.7 Å². The summed E-state index contributed by atoms with van der Waals surface area (Å²) in [6, 6.07) is 25.3. The van der Waals surface area contributed by atoms with Crippen LogP contribution in [0.1, 0.15) is 5.56 Å². The monoisotopic (exact) mass is 494 g/mol. The van der Waals surface area contributed by atoms with Crippen molar-refractivity contribution in [2.75, 3.05) is 17.7 Å². The average Bonchev–Trinajstić information content (AvgIpc) is 2.77. The number of nitrogens with two attached hydrogens (primary N) is 1. The summed E-state index contributed by atoms with van der Waals surface area (Å²) in [4.78, 5) is 8.73. The highest BCUT2D eigenvalue weighted by Crippen LogP contribution is 2.33. The third-order valence-electron chi connectivity index (χ3n) is 4.57. The van der Waals surface area contributed by atoms with Crippen molar-refractivity contribution in [2.45, 2.75) is 6.42 Å². The number of hydrogen-bond acceptors (Lipinski definition) is 5. The van der Waals surface area contributed by atoms with E-state index < -0.39 is 0 Å². The molecular weight excluding hydrogens is 476 g/mol. The zero-order chi connectivity index (χ0) is 21.6. The van der Waals surface area contributed by atoms with Gasteiger partial charge in [0, 0.05) is 33.2 Å². The van der Waals surface area contributed by atoms with Crippen molar-refractivity contribution in [1.29, 1.82) is 0 Å². The van der Waals surface area contributed by atoms with E-state index in [0.29, 0.717) is 23.1 Å². The molecule has 0 aliphatic rings. The summed E-state index contributed by atoms with van der Waals surface area (Å²) in [5, 5.41) is 3.91. The van der Waals surface area contributed by atoms with Crippen molar-refractivity contribution in [3.05, 3.63) is 93.9 Å². The Kier molecular flexibility index (Phi) is 6.70. The lowest BCUT2D eigenvalue weighted by Crippen LogP contribution is -2.04. The number of nitrogens with zero attached hydrogens (tertiary/aromatic N) is 2. The van der Waals surface area contributed by atoms with Crippen molar-refractivity contribution in [1.82, 2.24) is 9.97 Å². The first-order valence-corrected chi connectivity index (χ1v) is 10.9. The number of benzene rings is 3. The molecule has 0 bridgehead atoms. The van der Waals surface area contributed by atoms with Crippen LogP contribution in [0.5, 0.6) is 5.75 Å². The summed E-state index contributed by atoms with van der Waals surface area (Å²) >= 11 is 9.50. The molecule has 0 spiro atoms. The van der Waals surface area contributed by atoms with E-state index >= 15 is 0 Å². The molecule has 0 aliphatic carbocycles. The highest BCUT2D eigenvalue weighted by atomic mass is 79.9. The molecule has 0 saturated carbocycles. The lowest BCUT2D eigenvalue weighted by Gasteiger charge is -2.14. The molecule has 4 rings (SSSR count). The minimum absolute atomic E-state index is 0.171. The standard InChI is InChI=1S/C24H20BrClN4O/c25-17-6-11-22(31-13-12-16-4-2-1-3-5-16)20(14-17)21-15-23(30-24(27)29-21)28-19-9-7-18(26)8-10-19/h1-11,14-15H,12-13H2,(H3,27,28,29,30). The highest BCUT2D eigenvalue weighted by molar-refractivity contribution is 9.10. The minimum atomic E-state index is 0.171. The largest absolute Gasteiger partial charge is 0.493 e. The van der Waals surface area contributed by atoms with Crippen molar-refractivity contribution in [3.63, 3.8) is 0 Å². The number of nitrogen functional groups attached to an aromatic ring is 1. The molecule has 156 valence electrons. The van der Waals surface area contributed by atoms with Crippen LogP contribution in [0.2, 0.25) is 5.02 Å². The van der Waals surface area contributed by atoms with Crippen molar-refractivity contribution < 1.29 is 4.74 Å². The topological polar surface area (TPSA) is 73.1 Å². The predicted octanol–water partition coefficient (Wildman–Crippen LogP) is 6.51. The Morgan fingerprint density at radius 3 is 2.48 bits per heavy atom. The molecule has 0 radical (unpaired) electrons. The lowest BCUT2D eigenvalue weighted by molar-refractivity contribution is 0.323. The maximum atomic E-state index is 6.10. The number of ether oxygens (including phenoxy) is 1. The van der Waals surface area contributed by atoms with Crippen LogP contribution in [-0.2, 0) is 6.42 Å². The van der Waals surface area contributed by atoms with E-state index in [2.05, 4.69) is 43.3 Å². The molecule has 4 aromatic rings. The predicted molar refractivity (Wildman–Crippen MR) is 130 cm³/mol. The number of aromatic nitrogens is 2. The van der Waals surface area contributed by atoms with Crippen LogP contribution in [0.25, 0.3) is 11.3 Å². The molecule has 3 aromatic carbocycles. The molecule has 31 heavy (non-hydrogen) atoms. The molecule has 1 aromatic heterocycles. The van der Waals surface area contributed by atoms with Gasteiger partial charge in [0.1, 0.15) is 11.6 Å². The second kappa shape index (κ2) is 9.81. The van der Waals surface area contributed by atoms with Gasteiger partial charge in [-0.15, -0.1) is 0 Å². The fourth-order valence-corrected chi connectivity index (χ4v) is 3.59. The van der Waals surface area contributed by atoms with Crippen LogP contribution in [0.3, 0.4) is 0 Å². The van der Waals surface area contributed by atoms with E-state index in [1.54, 1.807) is 0 Å². The second-order valence-corrected chi connectivity index (χ2v) is 8.21. The zero-order valence-corrected chi connectivity index (χ0v) is 18.9. The van der Waals surface area contributed by atoms with Gasteiger partial charge in [-0.25, -0.2) is 4.98 Å². The number of anilines is 3. The summed E-state index contributed by atoms with van der Waals surface area (Å²) in [5.41, 5.74) is 9.57. The summed E-state index contributed by atoms with van der Waals surface area (Å²) in [6.07, 6.45) is 0.811. The Balaban J connectivity index is 1.58. The zero-order valence-electron chi connectivity index (χ0n) is 16.6. The molecule has 3 N–H and O–H groups in total. The van der Waals surface area contributed by atoms with E-state index in [0.717, 1.165) is 27.9 Å². The van der Waals surface area contributed by atoms with Crippen molar-refractivity contribution >= 4 is 45.0 Å². The first kappa shape index (κ1) is 21.2. The summed E-state index contributed by atoms with van der Waals surface area (Å²) in [6.45, 7) is 0.551. The summed E-state index contributed by atoms with van der Waals surface area (Å²) in [5.74, 6) is 1.49. The van der Waals surface area contributed by atoms with Crippen LogP contribution in [0.4, 0.5) is 17.5 Å². The van der Waals surface area contributed by atoms with Crippen LogP contribution < -0.4 is 15.8 Å². The van der Waals surface area contributed by atoms with Gasteiger partial charge in [0.2, 0.25) is 5.95 Å². The van der Waals surface area contributed by atoms with Gasteiger partial charge in [-0.05, 0) is 48.0 Å². The Hall–Kier alpha value is -3.09. The molecule has 7 heteroatoms. The van der Waals surface area contributed by atoms with Crippen LogP contribution in [0, 0.1) is 0 Å². The molecule has 1 heterocycles. The maximum Gasteiger partial charge on any atom is 0.222 e. The maximum absolute atomic E-state index is 6.10. The number of halogens is 2. The van der Waals surface area contributed by atoms with Gasteiger partial charge in [0.25, 0.3) is 0 Å². The van der Waals surface area contributed by atoms with E-state index in [9.17, 15) is 0 Å². The molecule has 0 aliphatic heterocycles. The third-order valence-corrected chi connectivity index (χ3v) is 5.31.